The first-order valence-electron chi connectivity index (χ1n) is 5.75. The molecule has 0 aliphatic rings. The molecule has 2 rings (SSSR count). The van der Waals surface area contributed by atoms with Crippen molar-refractivity contribution in [2.24, 2.45) is 0 Å². The van der Waals surface area contributed by atoms with Crippen molar-refractivity contribution in [3.8, 4) is 0 Å². The zero-order valence-corrected chi connectivity index (χ0v) is 11.0. The Kier molecular flexibility index (Phi) is 4.12. The van der Waals surface area contributed by atoms with Crippen LogP contribution in [-0.2, 0) is 0 Å². The van der Waals surface area contributed by atoms with Crippen molar-refractivity contribution in [2.75, 3.05) is 0 Å². The minimum absolute atomic E-state index is 0.0147. The van der Waals surface area contributed by atoms with Crippen molar-refractivity contribution >= 4 is 17.5 Å². The SMILES string of the molecule is C[C@H](NC(=O)c1cc(F)cnc1Cl)c1ccccc1. The summed E-state index contributed by atoms with van der Waals surface area (Å²) in [5.41, 5.74) is 0.987. The summed E-state index contributed by atoms with van der Waals surface area (Å²) in [6.07, 6.45) is 0.972. The zero-order valence-electron chi connectivity index (χ0n) is 10.2. The highest BCUT2D eigenvalue weighted by Gasteiger charge is 2.15. The van der Waals surface area contributed by atoms with Crippen molar-refractivity contribution in [2.45, 2.75) is 13.0 Å². The molecule has 0 fully saturated rings. The van der Waals surface area contributed by atoms with Crippen LogP contribution in [0, 0.1) is 5.82 Å². The second-order valence-corrected chi connectivity index (χ2v) is 4.46. The monoisotopic (exact) mass is 278 g/mol. The summed E-state index contributed by atoms with van der Waals surface area (Å²) in [5, 5.41) is 2.74. The minimum atomic E-state index is -0.595. The number of benzene rings is 1. The molecule has 1 aromatic carbocycles. The summed E-state index contributed by atoms with van der Waals surface area (Å²) >= 11 is 5.78. The molecule has 5 heteroatoms. The number of aromatic nitrogens is 1. The summed E-state index contributed by atoms with van der Waals surface area (Å²) in [4.78, 5) is 15.6. The molecule has 19 heavy (non-hydrogen) atoms. The molecule has 0 saturated carbocycles. The van der Waals surface area contributed by atoms with Crippen molar-refractivity contribution in [3.63, 3.8) is 0 Å². The van der Waals surface area contributed by atoms with Gasteiger partial charge in [-0.25, -0.2) is 9.37 Å². The lowest BCUT2D eigenvalue weighted by atomic mass is 10.1. The maximum atomic E-state index is 13.1. The molecule has 1 atom stereocenters. The van der Waals surface area contributed by atoms with Gasteiger partial charge in [-0.15, -0.1) is 0 Å². The van der Waals surface area contributed by atoms with Crippen LogP contribution in [-0.4, -0.2) is 10.9 Å². The van der Waals surface area contributed by atoms with Crippen LogP contribution < -0.4 is 5.32 Å². The quantitative estimate of drug-likeness (QED) is 0.875. The third-order valence-corrected chi connectivity index (χ3v) is 3.00. The molecule has 0 radical (unpaired) electrons. The summed E-state index contributed by atoms with van der Waals surface area (Å²) in [7, 11) is 0. The van der Waals surface area contributed by atoms with E-state index in [0.717, 1.165) is 17.8 Å². The molecule has 98 valence electrons. The van der Waals surface area contributed by atoms with Gasteiger partial charge in [0.2, 0.25) is 0 Å². The van der Waals surface area contributed by atoms with Gasteiger partial charge in [0.05, 0.1) is 17.8 Å². The molecule has 0 spiro atoms. The van der Waals surface area contributed by atoms with Crippen LogP contribution in [0.25, 0.3) is 0 Å². The van der Waals surface area contributed by atoms with Gasteiger partial charge in [0.1, 0.15) is 11.0 Å². The van der Waals surface area contributed by atoms with Crippen molar-refractivity contribution < 1.29 is 9.18 Å². The number of hydrogen-bond acceptors (Lipinski definition) is 2. The maximum absolute atomic E-state index is 13.1. The molecule has 1 heterocycles. The van der Waals surface area contributed by atoms with Crippen LogP contribution in [0.4, 0.5) is 4.39 Å². The zero-order chi connectivity index (χ0) is 13.8. The third kappa shape index (κ3) is 3.29. The third-order valence-electron chi connectivity index (χ3n) is 2.70. The Morgan fingerprint density at radius 3 is 2.74 bits per heavy atom. The molecular weight excluding hydrogens is 267 g/mol. The van der Waals surface area contributed by atoms with Gasteiger partial charge in [-0.1, -0.05) is 41.9 Å². The van der Waals surface area contributed by atoms with E-state index in [1.165, 1.54) is 0 Å². The van der Waals surface area contributed by atoms with Gasteiger partial charge in [-0.2, -0.15) is 0 Å². The van der Waals surface area contributed by atoms with E-state index >= 15 is 0 Å². The van der Waals surface area contributed by atoms with Crippen LogP contribution in [0.15, 0.2) is 42.6 Å². The average Bonchev–Trinajstić information content (AvgIpc) is 2.42. The Labute approximate surface area is 115 Å². The number of carbonyl (C=O) groups excluding carboxylic acids is 1. The smallest absolute Gasteiger partial charge is 0.254 e. The lowest BCUT2D eigenvalue weighted by Crippen LogP contribution is -2.27. The van der Waals surface area contributed by atoms with Gasteiger partial charge in [0, 0.05) is 0 Å². The highest BCUT2D eigenvalue weighted by atomic mass is 35.5. The van der Waals surface area contributed by atoms with Crippen molar-refractivity contribution in [1.29, 1.82) is 0 Å². The van der Waals surface area contributed by atoms with E-state index in [0.29, 0.717) is 0 Å². The Balaban J connectivity index is 2.15. The fourth-order valence-electron chi connectivity index (χ4n) is 1.68. The van der Waals surface area contributed by atoms with Gasteiger partial charge in [0.15, 0.2) is 0 Å². The van der Waals surface area contributed by atoms with E-state index in [2.05, 4.69) is 10.3 Å². The summed E-state index contributed by atoms with van der Waals surface area (Å²) < 4.78 is 13.1. The minimum Gasteiger partial charge on any atom is -0.345 e. The van der Waals surface area contributed by atoms with Crippen LogP contribution in [0.2, 0.25) is 5.15 Å². The van der Waals surface area contributed by atoms with Gasteiger partial charge >= 0.3 is 0 Å². The Morgan fingerprint density at radius 2 is 2.05 bits per heavy atom. The number of carbonyl (C=O) groups is 1. The Hall–Kier alpha value is -1.94. The van der Waals surface area contributed by atoms with E-state index < -0.39 is 11.7 Å². The summed E-state index contributed by atoms with van der Waals surface area (Å²) in [6, 6.07) is 10.3. The first-order valence-corrected chi connectivity index (χ1v) is 6.12. The van der Waals surface area contributed by atoms with E-state index in [9.17, 15) is 9.18 Å². The summed E-state index contributed by atoms with van der Waals surface area (Å²) in [6.45, 7) is 1.84. The van der Waals surface area contributed by atoms with E-state index in [1.54, 1.807) is 0 Å². The van der Waals surface area contributed by atoms with E-state index in [1.807, 2.05) is 37.3 Å². The predicted molar refractivity (Wildman–Crippen MR) is 71.5 cm³/mol. The number of amides is 1. The fraction of sp³-hybridized carbons (Fsp3) is 0.143. The van der Waals surface area contributed by atoms with Crippen molar-refractivity contribution in [1.82, 2.24) is 10.3 Å². The molecule has 0 unspecified atom stereocenters. The maximum Gasteiger partial charge on any atom is 0.254 e. The molecule has 1 N–H and O–H groups in total. The van der Waals surface area contributed by atoms with Crippen LogP contribution >= 0.6 is 11.6 Å². The van der Waals surface area contributed by atoms with Gasteiger partial charge < -0.3 is 5.32 Å². The normalized spacial score (nSPS) is 11.9. The molecule has 0 bridgehead atoms. The van der Waals surface area contributed by atoms with Crippen molar-refractivity contribution in [3.05, 3.63) is 64.7 Å². The lowest BCUT2D eigenvalue weighted by Gasteiger charge is -2.14. The Bertz CT molecular complexity index is 589. The van der Waals surface area contributed by atoms with Crippen LogP contribution in [0.1, 0.15) is 28.9 Å². The highest BCUT2D eigenvalue weighted by molar-refractivity contribution is 6.32. The van der Waals surface area contributed by atoms with E-state index in [-0.39, 0.29) is 16.8 Å². The molecular formula is C14H12ClFN2O. The standard InChI is InChI=1S/C14H12ClFN2O/c1-9(10-5-3-2-4-6-10)18-14(19)12-7-11(16)8-17-13(12)15/h2-9H,1H3,(H,18,19)/t9-/m0/s1. The van der Waals surface area contributed by atoms with Crippen LogP contribution in [0.5, 0.6) is 0 Å². The van der Waals surface area contributed by atoms with Gasteiger partial charge in [-0.05, 0) is 18.6 Å². The largest absolute Gasteiger partial charge is 0.345 e. The molecule has 0 aliphatic heterocycles. The molecule has 1 amide bonds. The highest BCUT2D eigenvalue weighted by Crippen LogP contribution is 2.16. The number of hydrogen-bond donors (Lipinski definition) is 1. The number of nitrogens with one attached hydrogen (secondary N) is 1. The van der Waals surface area contributed by atoms with Gasteiger partial charge in [-0.3, -0.25) is 4.79 Å². The first-order chi connectivity index (χ1) is 9.08. The Morgan fingerprint density at radius 1 is 1.37 bits per heavy atom. The van der Waals surface area contributed by atoms with Crippen LogP contribution in [0.3, 0.4) is 0 Å². The molecule has 3 nitrogen and oxygen atoms in total. The van der Waals surface area contributed by atoms with Gasteiger partial charge in [0.25, 0.3) is 5.91 Å². The number of nitrogens with zero attached hydrogens (tertiary/aromatic N) is 1. The number of halogens is 2. The second-order valence-electron chi connectivity index (χ2n) is 4.10. The second kappa shape index (κ2) is 5.80. The molecule has 0 saturated heterocycles. The first kappa shape index (κ1) is 13.5. The van der Waals surface area contributed by atoms with E-state index in [4.69, 9.17) is 11.6 Å². The predicted octanol–water partition coefficient (Wildman–Crippen LogP) is 3.37. The summed E-state index contributed by atoms with van der Waals surface area (Å²) in [5.74, 6) is -1.05. The number of pyridine rings is 1. The topological polar surface area (TPSA) is 42.0 Å². The molecule has 2 aromatic rings. The average molecular weight is 279 g/mol. The number of rotatable bonds is 3. The lowest BCUT2D eigenvalue weighted by molar-refractivity contribution is 0.0939. The fourth-order valence-corrected chi connectivity index (χ4v) is 1.87. The molecule has 1 aromatic heterocycles. The molecule has 0 aliphatic carbocycles.